The summed E-state index contributed by atoms with van der Waals surface area (Å²) >= 11 is 6.40. The Morgan fingerprint density at radius 2 is 2.13 bits per heavy atom. The highest BCUT2D eigenvalue weighted by atomic mass is 35.5. The molecule has 0 saturated carbocycles. The molecule has 2 aliphatic heterocycles. The zero-order valence-corrected chi connectivity index (χ0v) is 17.5. The molecule has 5 rings (SSSR count). The summed E-state index contributed by atoms with van der Waals surface area (Å²) in [6.45, 7) is 1.55. The van der Waals surface area contributed by atoms with Crippen LogP contribution in [0.1, 0.15) is 18.9 Å². The second-order valence-electron chi connectivity index (χ2n) is 7.85. The molecule has 0 unspecified atom stereocenters. The third-order valence-electron chi connectivity index (χ3n) is 5.95. The number of rotatable bonds is 4. The van der Waals surface area contributed by atoms with Crippen molar-refractivity contribution in [2.24, 2.45) is 13.0 Å². The van der Waals surface area contributed by atoms with Crippen LogP contribution in [0.15, 0.2) is 42.2 Å². The highest BCUT2D eigenvalue weighted by Gasteiger charge is 2.56. The molecule has 0 radical (unpaired) electrons. The van der Waals surface area contributed by atoms with Gasteiger partial charge in [0.15, 0.2) is 5.69 Å². The van der Waals surface area contributed by atoms with Crippen molar-refractivity contribution in [1.82, 2.24) is 19.8 Å². The number of aliphatic hydroxyl groups is 1. The number of carboxylic acid groups (broad SMARTS) is 1. The van der Waals surface area contributed by atoms with Crippen molar-refractivity contribution in [3.8, 4) is 5.69 Å². The van der Waals surface area contributed by atoms with Crippen LogP contribution in [0.3, 0.4) is 0 Å². The van der Waals surface area contributed by atoms with E-state index in [1.165, 1.54) is 4.90 Å². The van der Waals surface area contributed by atoms with Gasteiger partial charge in [-0.3, -0.25) is 4.79 Å². The number of carbonyl (C=O) groups excluding carboxylic acids is 1. The monoisotopic (exact) mass is 440 g/mol. The van der Waals surface area contributed by atoms with Gasteiger partial charge in [0.25, 0.3) is 5.65 Å². The van der Waals surface area contributed by atoms with Crippen molar-refractivity contribution in [3.05, 3.63) is 52.8 Å². The molecule has 2 aromatic heterocycles. The highest BCUT2D eigenvalue weighted by molar-refractivity contribution is 6.31. The SMILES string of the molecule is C[C@@H](O)[C@H]1C(=O)N2C(C(=O)O)=C(c3cc(Cl)cc(-n4n[n+](C)c5cccnc54)c3)C[C@H]12. The summed E-state index contributed by atoms with van der Waals surface area (Å²) in [5.41, 5.74) is 3.11. The van der Waals surface area contributed by atoms with Gasteiger partial charge in [-0.15, -0.1) is 4.68 Å². The van der Waals surface area contributed by atoms with E-state index in [1.807, 2.05) is 12.1 Å². The molecule has 31 heavy (non-hydrogen) atoms. The molecule has 4 heterocycles. The molecule has 2 aliphatic rings. The largest absolute Gasteiger partial charge is 0.477 e. The van der Waals surface area contributed by atoms with Crippen LogP contribution in [0.2, 0.25) is 5.02 Å². The fourth-order valence-corrected chi connectivity index (χ4v) is 4.83. The molecular formula is C21H19ClN5O4+. The van der Waals surface area contributed by atoms with Gasteiger partial charge >= 0.3 is 5.97 Å². The Labute approximate surface area is 181 Å². The molecule has 1 fully saturated rings. The van der Waals surface area contributed by atoms with Crippen LogP contribution in [0, 0.1) is 5.92 Å². The lowest BCUT2D eigenvalue weighted by molar-refractivity contribution is -0.708. The van der Waals surface area contributed by atoms with E-state index in [1.54, 1.807) is 47.7 Å². The molecule has 10 heteroatoms. The van der Waals surface area contributed by atoms with Gasteiger partial charge in [0.2, 0.25) is 11.4 Å². The summed E-state index contributed by atoms with van der Waals surface area (Å²) in [6.07, 6.45) is 1.15. The van der Waals surface area contributed by atoms with E-state index in [0.29, 0.717) is 33.9 Å². The van der Waals surface area contributed by atoms with Crippen molar-refractivity contribution in [2.75, 3.05) is 0 Å². The van der Waals surface area contributed by atoms with Crippen LogP contribution >= 0.6 is 11.6 Å². The van der Waals surface area contributed by atoms with E-state index in [9.17, 15) is 19.8 Å². The van der Waals surface area contributed by atoms with E-state index in [4.69, 9.17) is 11.6 Å². The number of amides is 1. The van der Waals surface area contributed by atoms with Crippen molar-refractivity contribution in [2.45, 2.75) is 25.5 Å². The number of aryl methyl sites for hydroxylation is 1. The number of benzene rings is 1. The third-order valence-corrected chi connectivity index (χ3v) is 6.16. The molecule has 1 amide bonds. The molecular weight excluding hydrogens is 422 g/mol. The van der Waals surface area contributed by atoms with Gasteiger partial charge in [0, 0.05) is 17.3 Å². The van der Waals surface area contributed by atoms with Gasteiger partial charge in [-0.05, 0) is 48.7 Å². The number of hydrogen-bond acceptors (Lipinski definition) is 5. The second kappa shape index (κ2) is 6.86. The van der Waals surface area contributed by atoms with Gasteiger partial charge < -0.3 is 15.1 Å². The summed E-state index contributed by atoms with van der Waals surface area (Å²) in [5, 5.41) is 24.7. The van der Waals surface area contributed by atoms with Crippen LogP contribution in [-0.2, 0) is 16.6 Å². The maximum atomic E-state index is 12.5. The number of hydrogen-bond donors (Lipinski definition) is 2. The lowest BCUT2D eigenvalue weighted by Crippen LogP contribution is -2.61. The normalized spacial score (nSPS) is 21.4. The summed E-state index contributed by atoms with van der Waals surface area (Å²) in [6, 6.07) is 8.53. The van der Waals surface area contributed by atoms with Crippen LogP contribution in [0.25, 0.3) is 22.4 Å². The number of carbonyl (C=O) groups is 2. The predicted octanol–water partition coefficient (Wildman–Crippen LogP) is 1.31. The molecule has 0 aliphatic carbocycles. The van der Waals surface area contributed by atoms with Crippen molar-refractivity contribution < 1.29 is 24.5 Å². The van der Waals surface area contributed by atoms with Crippen LogP contribution in [0.5, 0.6) is 0 Å². The number of halogens is 1. The van der Waals surface area contributed by atoms with Crippen LogP contribution in [-0.4, -0.2) is 54.0 Å². The van der Waals surface area contributed by atoms with Gasteiger partial charge in [0.05, 0.1) is 23.3 Å². The number of carboxylic acids is 1. The maximum absolute atomic E-state index is 12.5. The molecule has 158 valence electrons. The topological polar surface area (TPSA) is 112 Å². The summed E-state index contributed by atoms with van der Waals surface area (Å²) in [7, 11) is 1.81. The number of aliphatic carboxylic acids is 1. The fourth-order valence-electron chi connectivity index (χ4n) is 4.60. The van der Waals surface area contributed by atoms with Crippen LogP contribution in [0.4, 0.5) is 0 Å². The van der Waals surface area contributed by atoms with E-state index >= 15 is 0 Å². The first-order chi connectivity index (χ1) is 14.8. The predicted molar refractivity (Wildman–Crippen MR) is 110 cm³/mol. The molecule has 2 N–H and O–H groups in total. The van der Waals surface area contributed by atoms with E-state index < -0.39 is 18.0 Å². The lowest BCUT2D eigenvalue weighted by Gasteiger charge is -2.44. The van der Waals surface area contributed by atoms with Crippen molar-refractivity contribution in [1.29, 1.82) is 0 Å². The number of nitrogens with zero attached hydrogens (tertiary/aromatic N) is 5. The van der Waals surface area contributed by atoms with E-state index in [2.05, 4.69) is 10.2 Å². The Morgan fingerprint density at radius 1 is 1.35 bits per heavy atom. The Balaban J connectivity index is 1.65. The summed E-state index contributed by atoms with van der Waals surface area (Å²) in [5.74, 6) is -2.17. The maximum Gasteiger partial charge on any atom is 0.352 e. The quantitative estimate of drug-likeness (QED) is 0.467. The first kappa shape index (κ1) is 19.7. The van der Waals surface area contributed by atoms with Crippen molar-refractivity contribution in [3.63, 3.8) is 0 Å². The molecule has 3 atom stereocenters. The number of pyridine rings is 1. The first-order valence-corrected chi connectivity index (χ1v) is 10.1. The van der Waals surface area contributed by atoms with Gasteiger partial charge in [-0.1, -0.05) is 16.3 Å². The number of fused-ring (bicyclic) bond motifs is 2. The zero-order valence-electron chi connectivity index (χ0n) is 16.7. The Morgan fingerprint density at radius 3 is 2.84 bits per heavy atom. The van der Waals surface area contributed by atoms with Gasteiger partial charge in [0.1, 0.15) is 12.7 Å². The van der Waals surface area contributed by atoms with Crippen molar-refractivity contribution >= 4 is 40.2 Å². The molecule has 0 spiro atoms. The Hall–Kier alpha value is -3.30. The number of aliphatic hydroxyl groups excluding tert-OH is 1. The first-order valence-electron chi connectivity index (χ1n) is 9.77. The standard InChI is InChI=1S/C21H18ClN5O4/c1-10(28)17-16-9-14(18(21(30)31)26(16)20(17)29)11-6-12(22)8-13(7-11)27-19-15(25(2)24-27)4-3-5-23-19/h3-8,10,16-17,28H,9H2,1-2H3/p+1/t10-,16-,17-/m1/s1. The minimum atomic E-state index is -1.19. The Kier molecular flexibility index (Phi) is 4.35. The Bertz CT molecular complexity index is 1300. The third kappa shape index (κ3) is 2.84. The lowest BCUT2D eigenvalue weighted by atomic mass is 9.82. The van der Waals surface area contributed by atoms with Crippen LogP contribution < -0.4 is 4.68 Å². The smallest absolute Gasteiger partial charge is 0.352 e. The van der Waals surface area contributed by atoms with Gasteiger partial charge in [-0.2, -0.15) is 0 Å². The minimum Gasteiger partial charge on any atom is -0.477 e. The summed E-state index contributed by atoms with van der Waals surface area (Å²) < 4.78 is 3.33. The number of aromatic nitrogens is 4. The minimum absolute atomic E-state index is 0.0610. The molecule has 0 bridgehead atoms. The second-order valence-corrected chi connectivity index (χ2v) is 8.28. The summed E-state index contributed by atoms with van der Waals surface area (Å²) in [4.78, 5) is 30.2. The molecule has 9 nitrogen and oxygen atoms in total. The highest BCUT2D eigenvalue weighted by Crippen LogP contribution is 2.47. The average Bonchev–Trinajstić information content (AvgIpc) is 3.23. The zero-order chi connectivity index (χ0) is 22.0. The molecule has 3 aromatic rings. The van der Waals surface area contributed by atoms with Gasteiger partial charge in [-0.25, -0.2) is 9.78 Å². The number of β-lactam (4-membered cyclic amide) rings is 1. The molecule has 1 aromatic carbocycles. The van der Waals surface area contributed by atoms with E-state index in [0.717, 1.165) is 5.52 Å². The molecule has 1 saturated heterocycles. The fraction of sp³-hybridized carbons (Fsp3) is 0.286. The average molecular weight is 441 g/mol. The van der Waals surface area contributed by atoms with E-state index in [-0.39, 0.29) is 17.6 Å².